The summed E-state index contributed by atoms with van der Waals surface area (Å²) < 4.78 is 25.3. The largest absolute Gasteiger partial charge is 0.319 e. The van der Waals surface area contributed by atoms with E-state index in [0.29, 0.717) is 11.8 Å². The average Bonchev–Trinajstić information content (AvgIpc) is 2.67. The molecule has 0 amide bonds. The van der Waals surface area contributed by atoms with Gasteiger partial charge in [-0.1, -0.05) is 46.4 Å². The van der Waals surface area contributed by atoms with E-state index in [1.807, 2.05) is 6.07 Å². The lowest BCUT2D eigenvalue weighted by atomic mass is 10.3. The van der Waals surface area contributed by atoms with E-state index in [9.17, 15) is 8.78 Å². The van der Waals surface area contributed by atoms with Crippen LogP contribution in [-0.2, 0) is 0 Å². The third kappa shape index (κ3) is 3.97. The summed E-state index contributed by atoms with van der Waals surface area (Å²) in [6, 6.07) is 4.02. The maximum Gasteiger partial charge on any atom is 0.309 e. The zero-order chi connectivity index (χ0) is 15.8. The van der Waals surface area contributed by atoms with Gasteiger partial charge in [0.25, 0.3) is 0 Å². The predicted molar refractivity (Wildman–Crippen MR) is 81.9 cm³/mol. The van der Waals surface area contributed by atoms with Gasteiger partial charge in [-0.15, -0.1) is 0 Å². The third-order valence-corrected chi connectivity index (χ3v) is 4.19. The second kappa shape index (κ2) is 6.23. The van der Waals surface area contributed by atoms with Crippen LogP contribution in [0.3, 0.4) is 0 Å². The first-order valence-electron chi connectivity index (χ1n) is 5.24. The van der Waals surface area contributed by atoms with Crippen molar-refractivity contribution in [2.75, 3.05) is 0 Å². The molecule has 9 heteroatoms. The summed E-state index contributed by atoms with van der Waals surface area (Å²) in [7, 11) is 0. The number of hydrogen-bond acceptors (Lipinski definition) is 2. The van der Waals surface area contributed by atoms with Crippen LogP contribution >= 0.6 is 58.2 Å². The second-order valence-corrected chi connectivity index (χ2v) is 7.53. The van der Waals surface area contributed by atoms with Crippen molar-refractivity contribution in [3.05, 3.63) is 46.0 Å². The molecule has 1 aromatic carbocycles. The lowest BCUT2D eigenvalue weighted by Crippen LogP contribution is -1.96. The van der Waals surface area contributed by atoms with Crippen molar-refractivity contribution in [1.29, 1.82) is 5.26 Å². The van der Waals surface area contributed by atoms with E-state index in [4.69, 9.17) is 51.7 Å². The van der Waals surface area contributed by atoms with Crippen molar-refractivity contribution in [3.8, 4) is 11.8 Å². The van der Waals surface area contributed by atoms with Crippen molar-refractivity contribution in [2.45, 2.75) is 8.81 Å². The zero-order valence-electron chi connectivity index (χ0n) is 9.88. The summed E-state index contributed by atoms with van der Waals surface area (Å²) >= 11 is 22.9. The third-order valence-electron chi connectivity index (χ3n) is 2.38. The number of rotatable bonds is 3. The van der Waals surface area contributed by atoms with Gasteiger partial charge >= 0.3 is 3.92 Å². The highest BCUT2D eigenvalue weighted by Gasteiger charge is 2.27. The minimum atomic E-state index is -2.59. The van der Waals surface area contributed by atoms with Gasteiger partial charge in [-0.25, -0.2) is 4.39 Å². The fourth-order valence-electron chi connectivity index (χ4n) is 1.64. The Hall–Kier alpha value is -0.640. The molecule has 110 valence electrons. The number of nitriles is 1. The monoisotopic (exact) mass is 386 g/mol. The molecule has 0 atom stereocenters. The molecule has 21 heavy (non-hydrogen) atoms. The first-order chi connectivity index (χ1) is 9.71. The topological polar surface area (TPSA) is 28.7 Å². The molecule has 0 unspecified atom stereocenters. The van der Waals surface area contributed by atoms with Gasteiger partial charge in [0.2, 0.25) is 0 Å². The fraction of sp³-hybridized carbons (Fsp3) is 0.0833. The van der Waals surface area contributed by atoms with E-state index < -0.39 is 9.74 Å². The molecule has 0 radical (unpaired) electrons. The first kappa shape index (κ1) is 16.7. The lowest BCUT2D eigenvalue weighted by Gasteiger charge is -2.09. The SMILES string of the molecule is N#Cc1cn(-c2c(Cl)cc(F)cc2Cl)cc1SC(F)(Cl)Cl. The van der Waals surface area contributed by atoms with Crippen molar-refractivity contribution in [1.82, 2.24) is 4.57 Å². The van der Waals surface area contributed by atoms with Crippen molar-refractivity contribution in [2.24, 2.45) is 0 Å². The summed E-state index contributed by atoms with van der Waals surface area (Å²) in [5, 5.41) is 9.13. The standard InChI is InChI=1S/C12H4Cl4F2N2S/c13-8-1-7(17)2-9(14)11(8)20-4-6(3-19)10(5-20)21-12(15,16)18/h1-2,4-5H. The van der Waals surface area contributed by atoms with Crippen LogP contribution in [0, 0.1) is 17.1 Å². The molecule has 2 aromatic rings. The van der Waals surface area contributed by atoms with E-state index in [1.165, 1.54) is 17.0 Å². The van der Waals surface area contributed by atoms with Crippen molar-refractivity contribution in [3.63, 3.8) is 0 Å². The molecule has 0 saturated heterocycles. The van der Waals surface area contributed by atoms with E-state index in [0.717, 1.165) is 12.1 Å². The summed E-state index contributed by atoms with van der Waals surface area (Å²) in [6.07, 6.45) is 2.75. The molecule has 0 bridgehead atoms. The molecular weight excluding hydrogens is 384 g/mol. The number of aromatic nitrogens is 1. The van der Waals surface area contributed by atoms with E-state index in [-0.39, 0.29) is 26.2 Å². The number of nitrogens with zero attached hydrogens (tertiary/aromatic N) is 2. The Kier molecular flexibility index (Phi) is 4.96. The highest BCUT2D eigenvalue weighted by molar-refractivity contribution is 8.03. The molecule has 1 heterocycles. The van der Waals surface area contributed by atoms with Crippen molar-refractivity contribution >= 4 is 58.2 Å². The van der Waals surface area contributed by atoms with Gasteiger partial charge in [0.1, 0.15) is 11.9 Å². The highest BCUT2D eigenvalue weighted by atomic mass is 35.5. The summed E-state index contributed by atoms with van der Waals surface area (Å²) in [5.41, 5.74) is 0.386. The molecule has 0 fully saturated rings. The average molecular weight is 388 g/mol. The smallest absolute Gasteiger partial charge is 0.309 e. The van der Waals surface area contributed by atoms with E-state index in [1.54, 1.807) is 0 Å². The molecule has 0 aliphatic rings. The lowest BCUT2D eigenvalue weighted by molar-refractivity contribution is 0.516. The van der Waals surface area contributed by atoms with Gasteiger partial charge in [-0.05, 0) is 23.9 Å². The van der Waals surface area contributed by atoms with Gasteiger partial charge in [-0.3, -0.25) is 0 Å². The number of halogens is 6. The van der Waals surface area contributed by atoms with Crippen LogP contribution in [-0.4, -0.2) is 8.49 Å². The molecule has 0 saturated carbocycles. The van der Waals surface area contributed by atoms with Gasteiger partial charge < -0.3 is 4.57 Å². The molecule has 1 aromatic heterocycles. The van der Waals surface area contributed by atoms with Crippen LogP contribution in [0.15, 0.2) is 29.4 Å². The van der Waals surface area contributed by atoms with E-state index >= 15 is 0 Å². The Morgan fingerprint density at radius 3 is 2.24 bits per heavy atom. The quantitative estimate of drug-likeness (QED) is 0.481. The predicted octanol–water partition coefficient (Wildman–Crippen LogP) is 5.95. The molecule has 0 N–H and O–H groups in total. The van der Waals surface area contributed by atoms with Crippen LogP contribution in [0.4, 0.5) is 8.78 Å². The Balaban J connectivity index is 2.55. The van der Waals surface area contributed by atoms with Crippen LogP contribution in [0.25, 0.3) is 5.69 Å². The molecule has 2 nitrogen and oxygen atoms in total. The van der Waals surface area contributed by atoms with Gasteiger partial charge in [0, 0.05) is 17.3 Å². The molecule has 0 aliphatic heterocycles. The van der Waals surface area contributed by atoms with Crippen LogP contribution < -0.4 is 0 Å². The highest BCUT2D eigenvalue weighted by Crippen LogP contribution is 2.43. The molecule has 0 spiro atoms. The number of alkyl halides is 3. The maximum atomic E-state index is 13.3. The van der Waals surface area contributed by atoms with Crippen LogP contribution in [0.2, 0.25) is 10.0 Å². The molecule has 0 aliphatic carbocycles. The molecular formula is C12H4Cl4F2N2S. The van der Waals surface area contributed by atoms with Crippen LogP contribution in [0.1, 0.15) is 5.56 Å². The number of thioether (sulfide) groups is 1. The minimum Gasteiger partial charge on any atom is -0.319 e. The normalized spacial score (nSPS) is 11.5. The Morgan fingerprint density at radius 2 is 1.76 bits per heavy atom. The Labute approximate surface area is 143 Å². The first-order valence-corrected chi connectivity index (χ1v) is 7.57. The summed E-state index contributed by atoms with van der Waals surface area (Å²) in [6.45, 7) is 0. The number of benzene rings is 1. The van der Waals surface area contributed by atoms with Gasteiger partial charge in [-0.2, -0.15) is 9.65 Å². The summed E-state index contributed by atoms with van der Waals surface area (Å²) in [5.74, 6) is -0.597. The zero-order valence-corrected chi connectivity index (χ0v) is 13.7. The van der Waals surface area contributed by atoms with Gasteiger partial charge in [0.15, 0.2) is 0 Å². The van der Waals surface area contributed by atoms with Gasteiger partial charge in [0.05, 0.1) is 21.3 Å². The Morgan fingerprint density at radius 1 is 1.19 bits per heavy atom. The fourth-order valence-corrected chi connectivity index (χ4v) is 3.41. The number of hydrogen-bond donors (Lipinski definition) is 0. The minimum absolute atomic E-state index is 0.0410. The van der Waals surface area contributed by atoms with Crippen molar-refractivity contribution < 1.29 is 8.78 Å². The molecule has 2 rings (SSSR count). The maximum absolute atomic E-state index is 13.3. The second-order valence-electron chi connectivity index (χ2n) is 3.82. The summed E-state index contributed by atoms with van der Waals surface area (Å²) in [4.78, 5) is 0.196. The van der Waals surface area contributed by atoms with E-state index in [2.05, 4.69) is 0 Å². The van der Waals surface area contributed by atoms with Crippen LogP contribution in [0.5, 0.6) is 0 Å². The Bertz CT molecular complexity index is 711.